The lowest BCUT2D eigenvalue weighted by Gasteiger charge is -2.36. The maximum atomic E-state index is 11.7. The lowest BCUT2D eigenvalue weighted by atomic mass is 9.79. The van der Waals surface area contributed by atoms with E-state index < -0.39 is 11.2 Å². The van der Waals surface area contributed by atoms with Crippen LogP contribution in [0.3, 0.4) is 0 Å². The lowest BCUT2D eigenvalue weighted by Crippen LogP contribution is -2.45. The van der Waals surface area contributed by atoms with Gasteiger partial charge >= 0.3 is 6.09 Å². The molecule has 0 radical (unpaired) electrons. The molecule has 2 N–H and O–H groups in total. The zero-order chi connectivity index (χ0) is 14.5. The van der Waals surface area contributed by atoms with Crippen LogP contribution in [0, 0.1) is 0 Å². The SMILES string of the molecule is CCCCC1(O)CCC(NC(=O)OC(C)(C)C)CC1. The van der Waals surface area contributed by atoms with Gasteiger partial charge in [-0.3, -0.25) is 0 Å². The van der Waals surface area contributed by atoms with Crippen molar-refractivity contribution in [3.05, 3.63) is 0 Å². The number of nitrogens with one attached hydrogen (secondary N) is 1. The van der Waals surface area contributed by atoms with Crippen LogP contribution >= 0.6 is 0 Å². The van der Waals surface area contributed by atoms with Crippen LogP contribution in [0.25, 0.3) is 0 Å². The summed E-state index contributed by atoms with van der Waals surface area (Å²) in [6, 6.07) is 0.136. The molecule has 1 amide bonds. The van der Waals surface area contributed by atoms with Crippen LogP contribution in [0.15, 0.2) is 0 Å². The Kier molecular flexibility index (Phi) is 5.65. The minimum Gasteiger partial charge on any atom is -0.444 e. The highest BCUT2D eigenvalue weighted by Gasteiger charge is 2.33. The standard InChI is InChI=1S/C15H29NO3/c1-5-6-9-15(18)10-7-12(8-11-15)16-13(17)19-14(2,3)4/h12,18H,5-11H2,1-4H3,(H,16,17). The van der Waals surface area contributed by atoms with Crippen LogP contribution in [0.2, 0.25) is 0 Å². The highest BCUT2D eigenvalue weighted by Crippen LogP contribution is 2.32. The van der Waals surface area contributed by atoms with E-state index in [0.717, 1.165) is 44.9 Å². The first-order chi connectivity index (χ1) is 8.74. The van der Waals surface area contributed by atoms with E-state index in [-0.39, 0.29) is 12.1 Å². The van der Waals surface area contributed by atoms with E-state index in [1.807, 2.05) is 20.8 Å². The molecule has 19 heavy (non-hydrogen) atoms. The number of aliphatic hydroxyl groups is 1. The number of rotatable bonds is 4. The number of hydrogen-bond acceptors (Lipinski definition) is 3. The number of carbonyl (C=O) groups excluding carboxylic acids is 1. The van der Waals surface area contributed by atoms with Gasteiger partial charge in [0.05, 0.1) is 5.60 Å². The molecule has 112 valence electrons. The van der Waals surface area contributed by atoms with E-state index in [0.29, 0.717) is 0 Å². The van der Waals surface area contributed by atoms with Crippen LogP contribution in [-0.4, -0.2) is 28.4 Å². The minimum absolute atomic E-state index is 0.136. The molecule has 4 nitrogen and oxygen atoms in total. The third-order valence-electron chi connectivity index (χ3n) is 3.63. The Labute approximate surface area is 116 Å². The topological polar surface area (TPSA) is 58.6 Å². The van der Waals surface area contributed by atoms with Crippen molar-refractivity contribution in [2.75, 3.05) is 0 Å². The molecule has 1 fully saturated rings. The molecule has 0 heterocycles. The van der Waals surface area contributed by atoms with Crippen LogP contribution in [0.5, 0.6) is 0 Å². The van der Waals surface area contributed by atoms with E-state index in [1.54, 1.807) is 0 Å². The first kappa shape index (κ1) is 16.3. The highest BCUT2D eigenvalue weighted by molar-refractivity contribution is 5.68. The molecule has 1 aliphatic carbocycles. The molecular formula is C15H29NO3. The number of ether oxygens (including phenoxy) is 1. The van der Waals surface area contributed by atoms with Gasteiger partial charge in [-0.2, -0.15) is 0 Å². The molecular weight excluding hydrogens is 242 g/mol. The van der Waals surface area contributed by atoms with Crippen molar-refractivity contribution >= 4 is 6.09 Å². The smallest absolute Gasteiger partial charge is 0.407 e. The average molecular weight is 271 g/mol. The molecule has 0 unspecified atom stereocenters. The largest absolute Gasteiger partial charge is 0.444 e. The molecule has 1 saturated carbocycles. The molecule has 1 aliphatic rings. The van der Waals surface area contributed by atoms with E-state index >= 15 is 0 Å². The summed E-state index contributed by atoms with van der Waals surface area (Å²) in [6.07, 6.45) is 5.92. The summed E-state index contributed by atoms with van der Waals surface area (Å²) in [5, 5.41) is 13.3. The maximum absolute atomic E-state index is 11.7. The van der Waals surface area contributed by atoms with Crippen molar-refractivity contribution in [2.24, 2.45) is 0 Å². The Morgan fingerprint density at radius 1 is 1.37 bits per heavy atom. The fraction of sp³-hybridized carbons (Fsp3) is 0.933. The van der Waals surface area contributed by atoms with E-state index in [9.17, 15) is 9.90 Å². The van der Waals surface area contributed by atoms with Crippen LogP contribution in [0.4, 0.5) is 4.79 Å². The van der Waals surface area contributed by atoms with Gasteiger partial charge in [-0.15, -0.1) is 0 Å². The lowest BCUT2D eigenvalue weighted by molar-refractivity contribution is -0.0147. The first-order valence-corrected chi connectivity index (χ1v) is 7.46. The van der Waals surface area contributed by atoms with Crippen molar-refractivity contribution in [2.45, 2.75) is 89.9 Å². The summed E-state index contributed by atoms with van der Waals surface area (Å²) in [4.78, 5) is 11.7. The molecule has 0 atom stereocenters. The van der Waals surface area contributed by atoms with Gasteiger partial charge in [0.1, 0.15) is 5.60 Å². The van der Waals surface area contributed by atoms with Crippen LogP contribution in [-0.2, 0) is 4.74 Å². The molecule has 0 aromatic heterocycles. The minimum atomic E-state index is -0.512. The van der Waals surface area contributed by atoms with Gasteiger partial charge in [0.2, 0.25) is 0 Å². The Balaban J connectivity index is 2.32. The second-order valence-electron chi connectivity index (χ2n) is 6.75. The molecule has 0 aromatic carbocycles. The Morgan fingerprint density at radius 3 is 2.42 bits per heavy atom. The van der Waals surface area contributed by atoms with Crippen LogP contribution < -0.4 is 5.32 Å². The Hall–Kier alpha value is -0.770. The molecule has 0 saturated heterocycles. The van der Waals surface area contributed by atoms with Gasteiger partial charge in [0, 0.05) is 6.04 Å². The average Bonchev–Trinajstić information content (AvgIpc) is 2.28. The number of carbonyl (C=O) groups is 1. The molecule has 0 bridgehead atoms. The summed E-state index contributed by atoms with van der Waals surface area (Å²) >= 11 is 0. The maximum Gasteiger partial charge on any atom is 0.407 e. The second kappa shape index (κ2) is 6.60. The zero-order valence-corrected chi connectivity index (χ0v) is 12.8. The highest BCUT2D eigenvalue weighted by atomic mass is 16.6. The van der Waals surface area contributed by atoms with Crippen molar-refractivity contribution in [1.29, 1.82) is 0 Å². The van der Waals surface area contributed by atoms with Crippen LogP contribution in [0.1, 0.15) is 72.6 Å². The summed E-state index contributed by atoms with van der Waals surface area (Å²) < 4.78 is 5.24. The second-order valence-corrected chi connectivity index (χ2v) is 6.75. The summed E-state index contributed by atoms with van der Waals surface area (Å²) in [7, 11) is 0. The van der Waals surface area contributed by atoms with Crippen molar-refractivity contribution < 1.29 is 14.6 Å². The Bertz CT molecular complexity index is 288. The normalized spacial score (nSPS) is 27.9. The predicted octanol–water partition coefficient (Wildman–Crippen LogP) is 3.38. The van der Waals surface area contributed by atoms with E-state index in [2.05, 4.69) is 12.2 Å². The van der Waals surface area contributed by atoms with Gasteiger partial charge in [-0.1, -0.05) is 19.8 Å². The number of amides is 1. The molecule has 4 heteroatoms. The quantitative estimate of drug-likeness (QED) is 0.824. The monoisotopic (exact) mass is 271 g/mol. The number of hydrogen-bond donors (Lipinski definition) is 2. The van der Waals surface area contributed by atoms with Gasteiger partial charge in [0.25, 0.3) is 0 Å². The first-order valence-electron chi connectivity index (χ1n) is 7.46. The van der Waals surface area contributed by atoms with E-state index in [4.69, 9.17) is 4.74 Å². The van der Waals surface area contributed by atoms with Crippen molar-refractivity contribution in [3.8, 4) is 0 Å². The number of alkyl carbamates (subject to hydrolysis) is 1. The van der Waals surface area contributed by atoms with Gasteiger partial charge in [-0.25, -0.2) is 4.79 Å². The van der Waals surface area contributed by atoms with Gasteiger partial charge in [0.15, 0.2) is 0 Å². The van der Waals surface area contributed by atoms with Crippen molar-refractivity contribution in [1.82, 2.24) is 5.32 Å². The fourth-order valence-electron chi connectivity index (χ4n) is 2.53. The molecule has 0 aromatic rings. The third kappa shape index (κ3) is 6.28. The van der Waals surface area contributed by atoms with E-state index in [1.165, 1.54) is 0 Å². The molecule has 0 aliphatic heterocycles. The molecule has 1 rings (SSSR count). The van der Waals surface area contributed by atoms with Crippen molar-refractivity contribution in [3.63, 3.8) is 0 Å². The summed E-state index contributed by atoms with van der Waals surface area (Å²) in [5.74, 6) is 0. The predicted molar refractivity (Wildman–Crippen MR) is 76.1 cm³/mol. The van der Waals surface area contributed by atoms with Gasteiger partial charge in [-0.05, 0) is 52.9 Å². The zero-order valence-electron chi connectivity index (χ0n) is 12.8. The fourth-order valence-corrected chi connectivity index (χ4v) is 2.53. The summed E-state index contributed by atoms with van der Waals surface area (Å²) in [6.45, 7) is 7.71. The molecule has 0 spiro atoms. The number of unbranched alkanes of at least 4 members (excludes halogenated alkanes) is 1. The third-order valence-corrected chi connectivity index (χ3v) is 3.63. The van der Waals surface area contributed by atoms with Gasteiger partial charge < -0.3 is 15.2 Å². The summed E-state index contributed by atoms with van der Waals surface area (Å²) in [5.41, 5.74) is -0.970. The Morgan fingerprint density at radius 2 is 1.95 bits per heavy atom.